The molecule has 1 unspecified atom stereocenters. The molecular formula is C17H18N6OS. The second kappa shape index (κ2) is 6.72. The summed E-state index contributed by atoms with van der Waals surface area (Å²) in [6.45, 7) is 3.45. The van der Waals surface area contributed by atoms with E-state index in [1.165, 1.54) is 0 Å². The predicted octanol–water partition coefficient (Wildman–Crippen LogP) is 2.13. The lowest BCUT2D eigenvalue weighted by Crippen LogP contribution is -2.37. The van der Waals surface area contributed by atoms with Crippen LogP contribution >= 0.6 is 11.3 Å². The van der Waals surface area contributed by atoms with Crippen molar-refractivity contribution in [2.24, 2.45) is 0 Å². The lowest BCUT2D eigenvalue weighted by atomic mass is 10.2. The first-order valence-corrected chi connectivity index (χ1v) is 9.08. The Morgan fingerprint density at radius 1 is 1.20 bits per heavy atom. The van der Waals surface area contributed by atoms with Crippen molar-refractivity contribution >= 4 is 16.5 Å². The van der Waals surface area contributed by atoms with Crippen LogP contribution in [0.5, 0.6) is 0 Å². The molecule has 0 amide bonds. The highest BCUT2D eigenvalue weighted by Crippen LogP contribution is 2.28. The van der Waals surface area contributed by atoms with Crippen molar-refractivity contribution < 1.29 is 0 Å². The van der Waals surface area contributed by atoms with E-state index < -0.39 is 0 Å². The van der Waals surface area contributed by atoms with Gasteiger partial charge < -0.3 is 4.90 Å². The molecule has 25 heavy (non-hydrogen) atoms. The number of nitrogens with zero attached hydrogens (tertiary/aromatic N) is 6. The van der Waals surface area contributed by atoms with Gasteiger partial charge in [-0.3, -0.25) is 9.78 Å². The van der Waals surface area contributed by atoms with Crippen molar-refractivity contribution in [2.75, 3.05) is 11.4 Å². The maximum absolute atomic E-state index is 12.3. The van der Waals surface area contributed by atoms with Crippen LogP contribution in [0.1, 0.15) is 17.8 Å². The average Bonchev–Trinajstić information content (AvgIpc) is 3.26. The molecule has 1 saturated heterocycles. The van der Waals surface area contributed by atoms with Crippen LogP contribution in [0, 0.1) is 6.92 Å². The van der Waals surface area contributed by atoms with Crippen molar-refractivity contribution in [3.05, 3.63) is 52.0 Å². The van der Waals surface area contributed by atoms with E-state index >= 15 is 0 Å². The van der Waals surface area contributed by atoms with E-state index in [0.717, 1.165) is 40.8 Å². The Balaban J connectivity index is 1.60. The van der Waals surface area contributed by atoms with Gasteiger partial charge >= 0.3 is 0 Å². The number of hydrogen-bond donors (Lipinski definition) is 0. The molecule has 0 aromatic carbocycles. The van der Waals surface area contributed by atoms with E-state index in [1.54, 1.807) is 40.5 Å². The Morgan fingerprint density at radius 2 is 2.04 bits per heavy atom. The molecule has 0 radical (unpaired) electrons. The Labute approximate surface area is 149 Å². The molecule has 8 heteroatoms. The second-order valence-electron chi connectivity index (χ2n) is 6.07. The van der Waals surface area contributed by atoms with E-state index in [9.17, 15) is 4.79 Å². The van der Waals surface area contributed by atoms with E-state index in [-0.39, 0.29) is 11.6 Å². The quantitative estimate of drug-likeness (QED) is 0.714. The molecule has 0 saturated carbocycles. The second-order valence-corrected chi connectivity index (χ2v) is 7.23. The fourth-order valence-corrected chi connectivity index (χ4v) is 3.92. The zero-order chi connectivity index (χ0) is 17.2. The molecule has 0 bridgehead atoms. The highest BCUT2D eigenvalue weighted by Gasteiger charge is 2.28. The summed E-state index contributed by atoms with van der Waals surface area (Å²) in [5.74, 6) is 0. The monoisotopic (exact) mass is 354 g/mol. The van der Waals surface area contributed by atoms with Gasteiger partial charge in [-0.25, -0.2) is 4.68 Å². The minimum absolute atomic E-state index is 0.0851. The van der Waals surface area contributed by atoms with Crippen molar-refractivity contribution in [3.63, 3.8) is 0 Å². The van der Waals surface area contributed by atoms with Crippen LogP contribution in [0.25, 0.3) is 11.3 Å². The molecule has 3 aromatic rings. The average molecular weight is 354 g/mol. The summed E-state index contributed by atoms with van der Waals surface area (Å²) >= 11 is 1.59. The Hall–Kier alpha value is -2.61. The summed E-state index contributed by atoms with van der Waals surface area (Å²) in [6.07, 6.45) is 5.56. The van der Waals surface area contributed by atoms with Crippen LogP contribution in [0.2, 0.25) is 0 Å². The number of aromatic nitrogens is 5. The molecule has 7 nitrogen and oxygen atoms in total. The van der Waals surface area contributed by atoms with Crippen molar-refractivity contribution in [2.45, 2.75) is 32.4 Å². The van der Waals surface area contributed by atoms with Crippen LogP contribution in [0.15, 0.2) is 41.5 Å². The third kappa shape index (κ3) is 3.30. The molecule has 1 aliphatic rings. The first-order valence-electron chi connectivity index (χ1n) is 8.26. The third-order valence-corrected chi connectivity index (χ3v) is 5.24. The van der Waals surface area contributed by atoms with E-state index in [1.807, 2.05) is 19.1 Å². The smallest absolute Gasteiger partial charge is 0.266 e. The van der Waals surface area contributed by atoms with Crippen LogP contribution in [0.3, 0.4) is 0 Å². The molecule has 0 spiro atoms. The zero-order valence-electron chi connectivity index (χ0n) is 13.9. The minimum atomic E-state index is -0.0851. The Morgan fingerprint density at radius 3 is 2.80 bits per heavy atom. The zero-order valence-corrected chi connectivity index (χ0v) is 14.7. The van der Waals surface area contributed by atoms with Gasteiger partial charge in [-0.1, -0.05) is 11.3 Å². The van der Waals surface area contributed by atoms with Crippen molar-refractivity contribution in [1.29, 1.82) is 0 Å². The van der Waals surface area contributed by atoms with Gasteiger partial charge in [0.25, 0.3) is 5.56 Å². The van der Waals surface area contributed by atoms with Crippen LogP contribution < -0.4 is 10.5 Å². The van der Waals surface area contributed by atoms with Gasteiger partial charge in [0.2, 0.25) is 5.13 Å². The highest BCUT2D eigenvalue weighted by atomic mass is 32.1. The maximum Gasteiger partial charge on any atom is 0.266 e. The number of hydrogen-bond acceptors (Lipinski definition) is 7. The molecule has 1 fully saturated rings. The topological polar surface area (TPSA) is 76.8 Å². The SMILES string of the molecule is Cc1nnc(N2CCCC2Cn2nc(-c3ccncc3)ccc2=O)s1. The van der Waals surface area contributed by atoms with Crippen LogP contribution in [-0.4, -0.2) is 37.5 Å². The normalized spacial score (nSPS) is 17.2. The van der Waals surface area contributed by atoms with Gasteiger partial charge in [-0.2, -0.15) is 5.10 Å². The molecule has 4 rings (SSSR count). The van der Waals surface area contributed by atoms with Gasteiger partial charge in [0.15, 0.2) is 0 Å². The predicted molar refractivity (Wildman–Crippen MR) is 96.7 cm³/mol. The fourth-order valence-electron chi connectivity index (χ4n) is 3.14. The highest BCUT2D eigenvalue weighted by molar-refractivity contribution is 7.15. The Kier molecular flexibility index (Phi) is 4.27. The van der Waals surface area contributed by atoms with Gasteiger partial charge in [-0.15, -0.1) is 10.2 Å². The fraction of sp³-hybridized carbons (Fsp3) is 0.353. The van der Waals surface area contributed by atoms with E-state index in [0.29, 0.717) is 6.54 Å². The minimum Gasteiger partial charge on any atom is -0.342 e. The first-order chi connectivity index (χ1) is 12.2. The summed E-state index contributed by atoms with van der Waals surface area (Å²) < 4.78 is 1.56. The summed E-state index contributed by atoms with van der Waals surface area (Å²) in [7, 11) is 0. The summed E-state index contributed by atoms with van der Waals surface area (Å²) in [5, 5.41) is 14.8. The molecule has 0 N–H and O–H groups in total. The third-order valence-electron chi connectivity index (χ3n) is 4.36. The largest absolute Gasteiger partial charge is 0.342 e. The van der Waals surface area contributed by atoms with Crippen LogP contribution in [0.4, 0.5) is 5.13 Å². The lowest BCUT2D eigenvalue weighted by molar-refractivity contribution is 0.489. The molecule has 4 heterocycles. The number of pyridine rings is 1. The standard InChI is InChI=1S/C17H18N6OS/c1-12-19-20-17(25-12)22-10-2-3-14(22)11-23-16(24)5-4-15(21-23)13-6-8-18-9-7-13/h4-9,14H,2-3,10-11H2,1H3. The summed E-state index contributed by atoms with van der Waals surface area (Å²) in [4.78, 5) is 18.6. The molecule has 0 aliphatic carbocycles. The van der Waals surface area contributed by atoms with E-state index in [2.05, 4.69) is 25.2 Å². The van der Waals surface area contributed by atoms with Crippen molar-refractivity contribution in [1.82, 2.24) is 25.0 Å². The molecule has 1 atom stereocenters. The van der Waals surface area contributed by atoms with Gasteiger partial charge in [0.1, 0.15) is 5.01 Å². The number of aryl methyl sites for hydroxylation is 1. The van der Waals surface area contributed by atoms with Gasteiger partial charge in [0, 0.05) is 30.6 Å². The van der Waals surface area contributed by atoms with Gasteiger partial charge in [0.05, 0.1) is 18.3 Å². The van der Waals surface area contributed by atoms with Crippen molar-refractivity contribution in [3.8, 4) is 11.3 Å². The number of anilines is 1. The summed E-state index contributed by atoms with van der Waals surface area (Å²) in [6, 6.07) is 7.34. The molecule has 128 valence electrons. The van der Waals surface area contributed by atoms with Gasteiger partial charge in [-0.05, 0) is 38.0 Å². The van der Waals surface area contributed by atoms with Crippen LogP contribution in [-0.2, 0) is 6.54 Å². The molecule has 1 aliphatic heterocycles. The maximum atomic E-state index is 12.3. The molecule has 3 aromatic heterocycles. The first kappa shape index (κ1) is 15.9. The van der Waals surface area contributed by atoms with E-state index in [4.69, 9.17) is 0 Å². The Bertz CT molecular complexity index is 922. The number of rotatable bonds is 4. The molecular weight excluding hydrogens is 336 g/mol. The lowest BCUT2D eigenvalue weighted by Gasteiger charge is -2.23. The summed E-state index contributed by atoms with van der Waals surface area (Å²) in [5.41, 5.74) is 1.64.